The summed E-state index contributed by atoms with van der Waals surface area (Å²) in [6, 6.07) is 3.42. The molecule has 0 saturated carbocycles. The molecule has 3 aromatic rings. The minimum Gasteiger partial charge on any atom is -0.349 e. The van der Waals surface area contributed by atoms with Gasteiger partial charge >= 0.3 is 0 Å². The third-order valence-electron chi connectivity index (χ3n) is 4.17. The number of carbonyl (C=O) groups is 1. The largest absolute Gasteiger partial charge is 0.349 e. The van der Waals surface area contributed by atoms with Crippen molar-refractivity contribution in [2.24, 2.45) is 0 Å². The van der Waals surface area contributed by atoms with Crippen LogP contribution in [0.5, 0.6) is 0 Å². The number of rotatable bonds is 3. The molecule has 23 heavy (non-hydrogen) atoms. The number of anilines is 1. The molecule has 116 valence electrons. The van der Waals surface area contributed by atoms with Crippen LogP contribution < -0.4 is 4.90 Å². The molecule has 0 bridgehead atoms. The zero-order chi connectivity index (χ0) is 15.8. The molecular weight excluding hydrogens is 297 g/mol. The number of fused-ring (bicyclic) bond motifs is 1. The van der Waals surface area contributed by atoms with Crippen molar-refractivity contribution in [1.29, 1.82) is 0 Å². The molecule has 1 saturated heterocycles. The standard InChI is InChI=1S/C16H14FN5O/c17-13-6-11(7-18-9-13)14-2-1-4-21(14)15-3-5-22-16(20-15)12(10-23)8-19-22/h3,5-10,14H,1-2,4H2. The highest BCUT2D eigenvalue weighted by atomic mass is 19.1. The van der Waals surface area contributed by atoms with E-state index in [0.717, 1.165) is 37.1 Å². The van der Waals surface area contributed by atoms with Crippen LogP contribution in [0, 0.1) is 5.82 Å². The van der Waals surface area contributed by atoms with E-state index in [-0.39, 0.29) is 11.9 Å². The van der Waals surface area contributed by atoms with Crippen molar-refractivity contribution in [2.45, 2.75) is 18.9 Å². The van der Waals surface area contributed by atoms with Crippen LogP contribution in [0.25, 0.3) is 5.65 Å². The summed E-state index contributed by atoms with van der Waals surface area (Å²) in [5.41, 5.74) is 1.82. The van der Waals surface area contributed by atoms with E-state index in [1.807, 2.05) is 6.07 Å². The van der Waals surface area contributed by atoms with E-state index in [4.69, 9.17) is 0 Å². The minimum atomic E-state index is -0.336. The van der Waals surface area contributed by atoms with E-state index in [1.54, 1.807) is 16.9 Å². The van der Waals surface area contributed by atoms with E-state index in [9.17, 15) is 9.18 Å². The zero-order valence-corrected chi connectivity index (χ0v) is 12.3. The second-order valence-electron chi connectivity index (χ2n) is 5.56. The highest BCUT2D eigenvalue weighted by Gasteiger charge is 2.28. The number of aldehydes is 1. The van der Waals surface area contributed by atoms with Crippen LogP contribution in [0.1, 0.15) is 34.8 Å². The lowest BCUT2D eigenvalue weighted by atomic mass is 10.1. The second kappa shape index (κ2) is 5.42. The molecular formula is C16H14FN5O. The van der Waals surface area contributed by atoms with Gasteiger partial charge in [-0.25, -0.2) is 13.9 Å². The number of halogens is 1. The number of nitrogens with zero attached hydrogens (tertiary/aromatic N) is 5. The first-order chi connectivity index (χ1) is 11.3. The van der Waals surface area contributed by atoms with Gasteiger partial charge in [-0.3, -0.25) is 9.78 Å². The number of hydrogen-bond acceptors (Lipinski definition) is 5. The third kappa shape index (κ3) is 2.34. The molecule has 0 radical (unpaired) electrons. The van der Waals surface area contributed by atoms with E-state index in [1.165, 1.54) is 18.5 Å². The van der Waals surface area contributed by atoms with E-state index in [2.05, 4.69) is 20.0 Å². The molecule has 1 aliphatic heterocycles. The second-order valence-corrected chi connectivity index (χ2v) is 5.56. The lowest BCUT2D eigenvalue weighted by molar-refractivity contribution is 0.112. The molecule has 7 heteroatoms. The van der Waals surface area contributed by atoms with Crippen molar-refractivity contribution in [3.05, 3.63) is 53.9 Å². The fourth-order valence-corrected chi connectivity index (χ4v) is 3.12. The quantitative estimate of drug-likeness (QED) is 0.695. The molecule has 0 spiro atoms. The maximum atomic E-state index is 13.5. The molecule has 0 amide bonds. The highest BCUT2D eigenvalue weighted by molar-refractivity contribution is 5.84. The molecule has 1 aliphatic rings. The Bertz CT molecular complexity index is 878. The van der Waals surface area contributed by atoms with Crippen molar-refractivity contribution in [3.63, 3.8) is 0 Å². The summed E-state index contributed by atoms with van der Waals surface area (Å²) in [6.07, 6.45) is 8.83. The number of hydrogen-bond donors (Lipinski definition) is 0. The molecule has 4 rings (SSSR count). The normalized spacial score (nSPS) is 17.8. The number of aromatic nitrogens is 4. The van der Waals surface area contributed by atoms with Crippen molar-refractivity contribution in [3.8, 4) is 0 Å². The van der Waals surface area contributed by atoms with Crippen LogP contribution in [0.3, 0.4) is 0 Å². The monoisotopic (exact) mass is 311 g/mol. The number of carbonyl (C=O) groups excluding carboxylic acids is 1. The Morgan fingerprint density at radius 3 is 3.04 bits per heavy atom. The van der Waals surface area contributed by atoms with Gasteiger partial charge in [0.25, 0.3) is 0 Å². The highest BCUT2D eigenvalue weighted by Crippen LogP contribution is 2.35. The van der Waals surface area contributed by atoms with Gasteiger partial charge in [-0.2, -0.15) is 5.10 Å². The Labute approximate surface area is 131 Å². The zero-order valence-electron chi connectivity index (χ0n) is 12.3. The van der Waals surface area contributed by atoms with Gasteiger partial charge in [0, 0.05) is 18.9 Å². The summed E-state index contributed by atoms with van der Waals surface area (Å²) in [7, 11) is 0. The number of pyridine rings is 1. The van der Waals surface area contributed by atoms with Gasteiger partial charge in [-0.15, -0.1) is 0 Å². The maximum Gasteiger partial charge on any atom is 0.167 e. The van der Waals surface area contributed by atoms with Crippen molar-refractivity contribution in [1.82, 2.24) is 19.6 Å². The van der Waals surface area contributed by atoms with Crippen LogP contribution in [0.2, 0.25) is 0 Å². The van der Waals surface area contributed by atoms with Gasteiger partial charge in [0.1, 0.15) is 11.6 Å². The van der Waals surface area contributed by atoms with Crippen molar-refractivity contribution in [2.75, 3.05) is 11.4 Å². The van der Waals surface area contributed by atoms with E-state index in [0.29, 0.717) is 11.2 Å². The Kier molecular flexibility index (Phi) is 3.25. The third-order valence-corrected chi connectivity index (χ3v) is 4.17. The van der Waals surface area contributed by atoms with Crippen LogP contribution in [-0.2, 0) is 0 Å². The van der Waals surface area contributed by atoms with E-state index < -0.39 is 0 Å². The minimum absolute atomic E-state index is 0.0377. The summed E-state index contributed by atoms with van der Waals surface area (Å²) in [5, 5.41) is 4.09. The molecule has 0 aromatic carbocycles. The van der Waals surface area contributed by atoms with Crippen LogP contribution in [0.4, 0.5) is 10.2 Å². The first-order valence-corrected chi connectivity index (χ1v) is 7.43. The summed E-state index contributed by atoms with van der Waals surface area (Å²) >= 11 is 0. The first kappa shape index (κ1) is 13.8. The molecule has 3 aromatic heterocycles. The summed E-state index contributed by atoms with van der Waals surface area (Å²) in [6.45, 7) is 0.828. The lowest BCUT2D eigenvalue weighted by Gasteiger charge is -2.25. The van der Waals surface area contributed by atoms with Crippen LogP contribution in [-0.4, -0.2) is 32.4 Å². The molecule has 6 nitrogen and oxygen atoms in total. The predicted octanol–water partition coefficient (Wildman–Crippen LogP) is 2.42. The molecule has 0 aliphatic carbocycles. The molecule has 0 N–H and O–H groups in total. The topological polar surface area (TPSA) is 63.4 Å². The first-order valence-electron chi connectivity index (χ1n) is 7.43. The van der Waals surface area contributed by atoms with Gasteiger partial charge in [0.05, 0.1) is 24.0 Å². The van der Waals surface area contributed by atoms with Gasteiger partial charge in [-0.1, -0.05) is 0 Å². The Hall–Kier alpha value is -2.83. The van der Waals surface area contributed by atoms with Gasteiger partial charge in [0.15, 0.2) is 11.9 Å². The molecule has 1 unspecified atom stereocenters. The van der Waals surface area contributed by atoms with Crippen LogP contribution in [0.15, 0.2) is 36.9 Å². The molecule has 1 fully saturated rings. The summed E-state index contributed by atoms with van der Waals surface area (Å²) < 4.78 is 15.0. The maximum absolute atomic E-state index is 13.5. The molecule has 1 atom stereocenters. The summed E-state index contributed by atoms with van der Waals surface area (Å²) in [4.78, 5) is 21.7. The fourth-order valence-electron chi connectivity index (χ4n) is 3.12. The van der Waals surface area contributed by atoms with Gasteiger partial charge in [-0.05, 0) is 30.5 Å². The SMILES string of the molecule is O=Cc1cnn2ccc(N3CCCC3c3cncc(F)c3)nc12. The average Bonchev–Trinajstić information content (AvgIpc) is 3.21. The van der Waals surface area contributed by atoms with Gasteiger partial charge in [0.2, 0.25) is 0 Å². The van der Waals surface area contributed by atoms with Gasteiger partial charge < -0.3 is 4.90 Å². The average molecular weight is 311 g/mol. The Morgan fingerprint density at radius 1 is 1.30 bits per heavy atom. The van der Waals surface area contributed by atoms with Crippen molar-refractivity contribution < 1.29 is 9.18 Å². The Balaban J connectivity index is 1.75. The summed E-state index contributed by atoms with van der Waals surface area (Å²) in [5.74, 6) is 0.421. The smallest absolute Gasteiger partial charge is 0.167 e. The van der Waals surface area contributed by atoms with Crippen molar-refractivity contribution >= 4 is 17.8 Å². The molecule has 4 heterocycles. The Morgan fingerprint density at radius 2 is 2.22 bits per heavy atom. The predicted molar refractivity (Wildman–Crippen MR) is 81.9 cm³/mol. The fraction of sp³-hybridized carbons (Fsp3) is 0.250. The lowest BCUT2D eigenvalue weighted by Crippen LogP contribution is -2.24. The van der Waals surface area contributed by atoms with Crippen LogP contribution >= 0.6 is 0 Å². The van der Waals surface area contributed by atoms with E-state index >= 15 is 0 Å².